The van der Waals surface area contributed by atoms with Crippen LogP contribution in [0.1, 0.15) is 22.8 Å². The zero-order valence-electron chi connectivity index (χ0n) is 17.7. The standard InChI is InChI=1S/C25H24N2O4S/c1-2-31-25(30)19-8-10-20(11-9-19)27-24(29)17-32-22-14-12-21(13-15-22)26-23(28)16-18-6-4-3-5-7-18/h3-15H,2,16-17H2,1H3,(H,26,28)(H,27,29). The lowest BCUT2D eigenvalue weighted by Gasteiger charge is -2.08. The second kappa shape index (κ2) is 11.7. The molecule has 0 fully saturated rings. The number of hydrogen-bond donors (Lipinski definition) is 2. The summed E-state index contributed by atoms with van der Waals surface area (Å²) in [5.74, 6) is -0.385. The first-order valence-corrected chi connectivity index (χ1v) is 11.2. The molecule has 0 spiro atoms. The molecule has 0 aliphatic heterocycles. The van der Waals surface area contributed by atoms with E-state index in [9.17, 15) is 14.4 Å². The zero-order chi connectivity index (χ0) is 22.8. The maximum atomic E-state index is 12.2. The number of carbonyl (C=O) groups excluding carboxylic acids is 3. The third-order valence-corrected chi connectivity index (χ3v) is 5.41. The van der Waals surface area contributed by atoms with Gasteiger partial charge in [0, 0.05) is 16.3 Å². The second-order valence-corrected chi connectivity index (χ2v) is 7.92. The van der Waals surface area contributed by atoms with Crippen molar-refractivity contribution in [2.75, 3.05) is 23.0 Å². The fourth-order valence-electron chi connectivity index (χ4n) is 2.87. The molecule has 6 nitrogen and oxygen atoms in total. The molecule has 3 aromatic carbocycles. The van der Waals surface area contributed by atoms with Gasteiger partial charge in [-0.2, -0.15) is 0 Å². The quantitative estimate of drug-likeness (QED) is 0.364. The molecule has 0 saturated heterocycles. The van der Waals surface area contributed by atoms with Crippen LogP contribution in [0, 0.1) is 0 Å². The number of amides is 2. The van der Waals surface area contributed by atoms with Crippen LogP contribution in [0.3, 0.4) is 0 Å². The molecule has 32 heavy (non-hydrogen) atoms. The maximum absolute atomic E-state index is 12.2. The van der Waals surface area contributed by atoms with E-state index in [-0.39, 0.29) is 23.5 Å². The van der Waals surface area contributed by atoms with Gasteiger partial charge in [0.1, 0.15) is 0 Å². The first-order valence-electron chi connectivity index (χ1n) is 10.2. The molecule has 0 aliphatic carbocycles. The minimum absolute atomic E-state index is 0.0787. The van der Waals surface area contributed by atoms with Crippen LogP contribution in [0.15, 0.2) is 83.8 Å². The molecule has 0 heterocycles. The molecule has 164 valence electrons. The van der Waals surface area contributed by atoms with Gasteiger partial charge in [0.15, 0.2) is 0 Å². The van der Waals surface area contributed by atoms with E-state index in [0.29, 0.717) is 30.0 Å². The topological polar surface area (TPSA) is 84.5 Å². The predicted octanol–water partition coefficient (Wildman–Crippen LogP) is 4.78. The average Bonchev–Trinajstić information content (AvgIpc) is 2.80. The highest BCUT2D eigenvalue weighted by Crippen LogP contribution is 2.21. The third kappa shape index (κ3) is 7.28. The van der Waals surface area contributed by atoms with Crippen molar-refractivity contribution in [3.05, 3.63) is 90.0 Å². The van der Waals surface area contributed by atoms with E-state index in [1.165, 1.54) is 11.8 Å². The van der Waals surface area contributed by atoms with E-state index in [1.54, 1.807) is 31.2 Å². The van der Waals surface area contributed by atoms with Gasteiger partial charge in [-0.1, -0.05) is 30.3 Å². The summed E-state index contributed by atoms with van der Waals surface area (Å²) in [7, 11) is 0. The highest BCUT2D eigenvalue weighted by atomic mass is 32.2. The van der Waals surface area contributed by atoms with Gasteiger partial charge in [-0.05, 0) is 61.0 Å². The van der Waals surface area contributed by atoms with E-state index in [2.05, 4.69) is 10.6 Å². The van der Waals surface area contributed by atoms with Crippen LogP contribution in [0.25, 0.3) is 0 Å². The molecule has 3 rings (SSSR count). The molecule has 0 saturated carbocycles. The minimum Gasteiger partial charge on any atom is -0.462 e. The number of benzene rings is 3. The van der Waals surface area contributed by atoms with Gasteiger partial charge in [-0.15, -0.1) is 11.8 Å². The first kappa shape index (κ1) is 23.1. The van der Waals surface area contributed by atoms with Crippen LogP contribution in [-0.4, -0.2) is 30.1 Å². The molecule has 0 radical (unpaired) electrons. The molecule has 2 amide bonds. The fraction of sp³-hybridized carbons (Fsp3) is 0.160. The Morgan fingerprint density at radius 3 is 2.00 bits per heavy atom. The molecular formula is C25H24N2O4S. The number of rotatable bonds is 9. The van der Waals surface area contributed by atoms with Crippen LogP contribution in [0.4, 0.5) is 11.4 Å². The van der Waals surface area contributed by atoms with Gasteiger partial charge in [0.05, 0.1) is 24.3 Å². The number of nitrogens with one attached hydrogen (secondary N) is 2. The van der Waals surface area contributed by atoms with Gasteiger partial charge in [0.25, 0.3) is 0 Å². The Morgan fingerprint density at radius 2 is 1.38 bits per heavy atom. The van der Waals surface area contributed by atoms with Crippen molar-refractivity contribution in [3.8, 4) is 0 Å². The van der Waals surface area contributed by atoms with Gasteiger partial charge < -0.3 is 15.4 Å². The van der Waals surface area contributed by atoms with Gasteiger partial charge in [-0.3, -0.25) is 9.59 Å². The van der Waals surface area contributed by atoms with Gasteiger partial charge in [0.2, 0.25) is 11.8 Å². The number of thioether (sulfide) groups is 1. The Kier molecular flexibility index (Phi) is 8.45. The summed E-state index contributed by atoms with van der Waals surface area (Å²) in [6, 6.07) is 23.5. The van der Waals surface area contributed by atoms with Crippen molar-refractivity contribution in [2.45, 2.75) is 18.2 Å². The Balaban J connectivity index is 1.44. The summed E-state index contributed by atoms with van der Waals surface area (Å²) in [5, 5.41) is 5.68. The monoisotopic (exact) mass is 448 g/mol. The van der Waals surface area contributed by atoms with Crippen LogP contribution in [0.5, 0.6) is 0 Å². The Hall–Kier alpha value is -3.58. The molecule has 3 aromatic rings. The molecule has 0 atom stereocenters. The number of hydrogen-bond acceptors (Lipinski definition) is 5. The Bertz CT molecular complexity index is 1050. The van der Waals surface area contributed by atoms with Crippen molar-refractivity contribution in [1.29, 1.82) is 0 Å². The lowest BCUT2D eigenvalue weighted by molar-refractivity contribution is -0.115. The van der Waals surface area contributed by atoms with Crippen LogP contribution in [0.2, 0.25) is 0 Å². The van der Waals surface area contributed by atoms with E-state index in [1.807, 2.05) is 54.6 Å². The number of anilines is 2. The van der Waals surface area contributed by atoms with Crippen LogP contribution < -0.4 is 10.6 Å². The molecule has 7 heteroatoms. The van der Waals surface area contributed by atoms with E-state index >= 15 is 0 Å². The van der Waals surface area contributed by atoms with Crippen LogP contribution in [-0.2, 0) is 20.7 Å². The normalized spacial score (nSPS) is 10.3. The number of carbonyl (C=O) groups is 3. The molecule has 0 aromatic heterocycles. The summed E-state index contributed by atoms with van der Waals surface area (Å²) >= 11 is 1.39. The largest absolute Gasteiger partial charge is 0.462 e. The fourth-order valence-corrected chi connectivity index (χ4v) is 3.57. The van der Waals surface area contributed by atoms with Crippen LogP contribution >= 0.6 is 11.8 Å². The summed E-state index contributed by atoms with van der Waals surface area (Å²) in [6.45, 7) is 2.06. The summed E-state index contributed by atoms with van der Waals surface area (Å²) in [6.07, 6.45) is 0.318. The van der Waals surface area contributed by atoms with Crippen molar-refractivity contribution in [2.24, 2.45) is 0 Å². The van der Waals surface area contributed by atoms with E-state index in [4.69, 9.17) is 4.74 Å². The van der Waals surface area contributed by atoms with E-state index < -0.39 is 0 Å². The number of ether oxygens (including phenoxy) is 1. The van der Waals surface area contributed by atoms with Crippen molar-refractivity contribution < 1.29 is 19.1 Å². The number of esters is 1. The highest BCUT2D eigenvalue weighted by molar-refractivity contribution is 8.00. The SMILES string of the molecule is CCOC(=O)c1ccc(NC(=O)CSc2ccc(NC(=O)Cc3ccccc3)cc2)cc1. The second-order valence-electron chi connectivity index (χ2n) is 6.87. The molecular weight excluding hydrogens is 424 g/mol. The maximum Gasteiger partial charge on any atom is 0.338 e. The van der Waals surface area contributed by atoms with Gasteiger partial charge in [-0.25, -0.2) is 4.79 Å². The van der Waals surface area contributed by atoms with Crippen molar-refractivity contribution in [1.82, 2.24) is 0 Å². The molecule has 2 N–H and O–H groups in total. The lowest BCUT2D eigenvalue weighted by atomic mass is 10.1. The van der Waals surface area contributed by atoms with Crippen molar-refractivity contribution >= 4 is 40.9 Å². The zero-order valence-corrected chi connectivity index (χ0v) is 18.5. The third-order valence-electron chi connectivity index (χ3n) is 4.40. The summed E-state index contributed by atoms with van der Waals surface area (Å²) in [4.78, 5) is 36.9. The summed E-state index contributed by atoms with van der Waals surface area (Å²) < 4.78 is 4.94. The van der Waals surface area contributed by atoms with Crippen molar-refractivity contribution in [3.63, 3.8) is 0 Å². The van der Waals surface area contributed by atoms with E-state index in [0.717, 1.165) is 10.5 Å². The molecule has 0 unspecified atom stereocenters. The Labute approximate surface area is 191 Å². The first-order chi connectivity index (χ1) is 15.5. The molecule has 0 bridgehead atoms. The lowest BCUT2D eigenvalue weighted by Crippen LogP contribution is -2.14. The highest BCUT2D eigenvalue weighted by Gasteiger charge is 2.08. The predicted molar refractivity (Wildman–Crippen MR) is 127 cm³/mol. The minimum atomic E-state index is -0.388. The Morgan fingerprint density at radius 1 is 0.781 bits per heavy atom. The molecule has 0 aliphatic rings. The average molecular weight is 449 g/mol. The van der Waals surface area contributed by atoms with Gasteiger partial charge >= 0.3 is 5.97 Å². The summed E-state index contributed by atoms with van der Waals surface area (Å²) in [5.41, 5.74) is 2.72. The smallest absolute Gasteiger partial charge is 0.338 e.